The molecular weight excluding hydrogens is 372 g/mol. The highest BCUT2D eigenvalue weighted by Gasteiger charge is 2.20. The molecule has 2 aromatic carbocycles. The minimum absolute atomic E-state index is 0.0157. The molecule has 1 fully saturated rings. The predicted octanol–water partition coefficient (Wildman–Crippen LogP) is 5.02. The molecule has 4 nitrogen and oxygen atoms in total. The molecule has 1 aliphatic heterocycles. The van der Waals surface area contributed by atoms with E-state index >= 15 is 0 Å². The van der Waals surface area contributed by atoms with Crippen molar-refractivity contribution < 1.29 is 9.53 Å². The summed E-state index contributed by atoms with van der Waals surface area (Å²) in [6, 6.07) is 15.9. The smallest absolute Gasteiger partial charge is 0.224 e. The molecule has 2 aromatic rings. The fourth-order valence-electron chi connectivity index (χ4n) is 3.85. The van der Waals surface area contributed by atoms with Crippen molar-refractivity contribution in [3.8, 4) is 5.75 Å². The van der Waals surface area contributed by atoms with E-state index in [2.05, 4.69) is 40.5 Å². The Balaban J connectivity index is 1.44. The largest absolute Gasteiger partial charge is 0.495 e. The fraction of sp³-hybridized carbons (Fsp3) is 0.435. The first-order valence-corrected chi connectivity index (χ1v) is 10.4. The molecule has 0 aromatic heterocycles. The Morgan fingerprint density at radius 1 is 1.25 bits per heavy atom. The molecular formula is C23H29ClN2O2. The van der Waals surface area contributed by atoms with Gasteiger partial charge in [-0.05, 0) is 61.9 Å². The number of carbonyl (C=O) groups excluding carboxylic acids is 1. The van der Waals surface area contributed by atoms with Crippen molar-refractivity contribution in [2.75, 3.05) is 32.1 Å². The first-order valence-electron chi connectivity index (χ1n) is 10.0. The maximum Gasteiger partial charge on any atom is 0.224 e. The van der Waals surface area contributed by atoms with Crippen LogP contribution in [0, 0.1) is 5.92 Å². The normalized spacial score (nSPS) is 17.3. The average Bonchev–Trinajstić information content (AvgIpc) is 2.72. The molecule has 1 aliphatic rings. The van der Waals surface area contributed by atoms with Gasteiger partial charge in [-0.3, -0.25) is 4.79 Å². The molecule has 1 atom stereocenters. The summed E-state index contributed by atoms with van der Waals surface area (Å²) in [4.78, 5) is 14.9. The minimum Gasteiger partial charge on any atom is -0.495 e. The summed E-state index contributed by atoms with van der Waals surface area (Å²) in [6.45, 7) is 3.34. The summed E-state index contributed by atoms with van der Waals surface area (Å²) in [5.41, 5.74) is 2.02. The minimum atomic E-state index is 0.0157. The average molecular weight is 401 g/mol. The van der Waals surface area contributed by atoms with Crippen LogP contribution in [0.1, 0.15) is 31.2 Å². The number of carbonyl (C=O) groups is 1. The van der Waals surface area contributed by atoms with Gasteiger partial charge in [-0.15, -0.1) is 0 Å². The Morgan fingerprint density at radius 3 is 2.86 bits per heavy atom. The van der Waals surface area contributed by atoms with Gasteiger partial charge >= 0.3 is 0 Å². The van der Waals surface area contributed by atoms with Gasteiger partial charge < -0.3 is 15.0 Å². The number of amides is 1. The maximum atomic E-state index is 12.4. The SMILES string of the molecule is COc1ccc(Cl)cc1NC(=O)CCC1CCCN(CCc2ccccc2)C1. The van der Waals surface area contributed by atoms with Gasteiger partial charge in [0.25, 0.3) is 0 Å². The second kappa shape index (κ2) is 10.5. The van der Waals surface area contributed by atoms with E-state index in [1.54, 1.807) is 25.3 Å². The molecule has 0 saturated carbocycles. The zero-order valence-corrected chi connectivity index (χ0v) is 17.3. The molecule has 1 amide bonds. The zero-order valence-electron chi connectivity index (χ0n) is 16.5. The van der Waals surface area contributed by atoms with Crippen molar-refractivity contribution in [2.24, 2.45) is 5.92 Å². The van der Waals surface area contributed by atoms with Gasteiger partial charge in [-0.2, -0.15) is 0 Å². The van der Waals surface area contributed by atoms with E-state index in [0.717, 1.165) is 32.5 Å². The molecule has 5 heteroatoms. The molecule has 1 heterocycles. The molecule has 1 saturated heterocycles. The van der Waals surface area contributed by atoms with Crippen LogP contribution in [0.15, 0.2) is 48.5 Å². The summed E-state index contributed by atoms with van der Waals surface area (Å²) in [6.07, 6.45) is 4.94. The lowest BCUT2D eigenvalue weighted by Crippen LogP contribution is -2.37. The number of ether oxygens (including phenoxy) is 1. The Labute approximate surface area is 172 Å². The second-order valence-corrected chi connectivity index (χ2v) is 7.91. The van der Waals surface area contributed by atoms with Crippen molar-refractivity contribution >= 4 is 23.2 Å². The second-order valence-electron chi connectivity index (χ2n) is 7.48. The van der Waals surface area contributed by atoms with Crippen LogP contribution in [0.2, 0.25) is 5.02 Å². The lowest BCUT2D eigenvalue weighted by atomic mass is 9.93. The van der Waals surface area contributed by atoms with Crippen LogP contribution in [0.3, 0.4) is 0 Å². The number of nitrogens with one attached hydrogen (secondary N) is 1. The fourth-order valence-corrected chi connectivity index (χ4v) is 4.02. The number of benzene rings is 2. The van der Waals surface area contributed by atoms with Crippen molar-refractivity contribution in [3.63, 3.8) is 0 Å². The van der Waals surface area contributed by atoms with Crippen molar-refractivity contribution in [1.82, 2.24) is 4.90 Å². The van der Waals surface area contributed by atoms with Crippen LogP contribution in [0.25, 0.3) is 0 Å². The summed E-state index contributed by atoms with van der Waals surface area (Å²) in [7, 11) is 1.59. The molecule has 0 spiro atoms. The number of rotatable bonds is 8. The third-order valence-electron chi connectivity index (χ3n) is 5.38. The third kappa shape index (κ3) is 6.25. The van der Waals surface area contributed by atoms with Crippen LogP contribution >= 0.6 is 11.6 Å². The number of methoxy groups -OCH3 is 1. The lowest BCUT2D eigenvalue weighted by molar-refractivity contribution is -0.116. The summed E-state index contributed by atoms with van der Waals surface area (Å²) < 4.78 is 5.29. The number of hydrogen-bond acceptors (Lipinski definition) is 3. The van der Waals surface area contributed by atoms with Gasteiger partial charge in [0.05, 0.1) is 12.8 Å². The molecule has 150 valence electrons. The van der Waals surface area contributed by atoms with E-state index in [9.17, 15) is 4.79 Å². The van der Waals surface area contributed by atoms with Crippen molar-refractivity contribution in [1.29, 1.82) is 0 Å². The number of halogens is 1. The van der Waals surface area contributed by atoms with E-state index in [1.807, 2.05) is 0 Å². The molecule has 0 radical (unpaired) electrons. The predicted molar refractivity (Wildman–Crippen MR) is 115 cm³/mol. The molecule has 0 bridgehead atoms. The van der Waals surface area contributed by atoms with Crippen LogP contribution in [-0.2, 0) is 11.2 Å². The first-order chi connectivity index (χ1) is 13.6. The van der Waals surface area contributed by atoms with Crippen LogP contribution < -0.4 is 10.1 Å². The van der Waals surface area contributed by atoms with E-state index in [1.165, 1.54) is 18.4 Å². The summed E-state index contributed by atoms with van der Waals surface area (Å²) in [5, 5.41) is 3.52. The molecule has 0 aliphatic carbocycles. The van der Waals surface area contributed by atoms with Crippen LogP contribution in [-0.4, -0.2) is 37.6 Å². The molecule has 3 rings (SSSR count). The van der Waals surface area contributed by atoms with Crippen LogP contribution in [0.5, 0.6) is 5.75 Å². The van der Waals surface area contributed by atoms with Crippen LogP contribution in [0.4, 0.5) is 5.69 Å². The van der Waals surface area contributed by atoms with Crippen molar-refractivity contribution in [3.05, 3.63) is 59.1 Å². The zero-order chi connectivity index (χ0) is 19.8. The van der Waals surface area contributed by atoms with E-state index in [-0.39, 0.29) is 5.91 Å². The Hall–Kier alpha value is -2.04. The highest BCUT2D eigenvalue weighted by Crippen LogP contribution is 2.28. The quantitative estimate of drug-likeness (QED) is 0.676. The number of nitrogens with zero attached hydrogens (tertiary/aromatic N) is 1. The van der Waals surface area contributed by atoms with Crippen molar-refractivity contribution in [2.45, 2.75) is 32.1 Å². The van der Waals surface area contributed by atoms with Gasteiger partial charge in [0.1, 0.15) is 5.75 Å². The Bertz CT molecular complexity index is 766. The Kier molecular flexibility index (Phi) is 7.75. The highest BCUT2D eigenvalue weighted by molar-refractivity contribution is 6.31. The topological polar surface area (TPSA) is 41.6 Å². The summed E-state index contributed by atoms with van der Waals surface area (Å²) in [5.74, 6) is 1.22. The van der Waals surface area contributed by atoms with E-state index in [4.69, 9.17) is 16.3 Å². The Morgan fingerprint density at radius 2 is 2.07 bits per heavy atom. The van der Waals surface area contributed by atoms with Gasteiger partial charge in [0.15, 0.2) is 0 Å². The van der Waals surface area contributed by atoms with Gasteiger partial charge in [0, 0.05) is 24.5 Å². The van der Waals surface area contributed by atoms with Gasteiger partial charge in [-0.25, -0.2) is 0 Å². The van der Waals surface area contributed by atoms with E-state index in [0.29, 0.717) is 28.8 Å². The first kappa shape index (κ1) is 20.7. The third-order valence-corrected chi connectivity index (χ3v) is 5.61. The number of hydrogen-bond donors (Lipinski definition) is 1. The van der Waals surface area contributed by atoms with Gasteiger partial charge in [-0.1, -0.05) is 41.9 Å². The molecule has 1 unspecified atom stereocenters. The maximum absolute atomic E-state index is 12.4. The van der Waals surface area contributed by atoms with Gasteiger partial charge in [0.2, 0.25) is 5.91 Å². The molecule has 1 N–H and O–H groups in total. The lowest BCUT2D eigenvalue weighted by Gasteiger charge is -2.32. The molecule has 28 heavy (non-hydrogen) atoms. The number of anilines is 1. The number of piperidine rings is 1. The number of likely N-dealkylation sites (tertiary alicyclic amines) is 1. The summed E-state index contributed by atoms with van der Waals surface area (Å²) >= 11 is 6.03. The van der Waals surface area contributed by atoms with E-state index < -0.39 is 0 Å². The highest BCUT2D eigenvalue weighted by atomic mass is 35.5. The monoisotopic (exact) mass is 400 g/mol. The standard InChI is InChI=1S/C23H29ClN2O2/c1-28-22-11-10-20(24)16-21(22)25-23(27)12-9-19-8-5-14-26(17-19)15-13-18-6-3-2-4-7-18/h2-4,6-7,10-11,16,19H,5,8-9,12-15,17H2,1H3,(H,25,27).